The molecule has 0 N–H and O–H groups in total. The van der Waals surface area contributed by atoms with E-state index in [2.05, 4.69) is 50.8 Å². The Morgan fingerprint density at radius 2 is 1.81 bits per heavy atom. The lowest BCUT2D eigenvalue weighted by Crippen LogP contribution is -1.97. The first-order chi connectivity index (χ1) is 7.75. The fourth-order valence-electron chi connectivity index (χ4n) is 1.97. The van der Waals surface area contributed by atoms with Gasteiger partial charge in [0.15, 0.2) is 0 Å². The molecule has 0 radical (unpaired) electrons. The van der Waals surface area contributed by atoms with Gasteiger partial charge in [-0.15, -0.1) is 0 Å². The lowest BCUT2D eigenvalue weighted by molar-refractivity contribution is 0.647. The van der Waals surface area contributed by atoms with E-state index < -0.39 is 0 Å². The molecule has 0 nitrogen and oxygen atoms in total. The van der Waals surface area contributed by atoms with Crippen molar-refractivity contribution in [3.8, 4) is 0 Å². The Morgan fingerprint density at radius 3 is 2.44 bits per heavy atom. The minimum absolute atomic E-state index is 0.503. The van der Waals surface area contributed by atoms with Crippen LogP contribution in [0.1, 0.15) is 57.4 Å². The van der Waals surface area contributed by atoms with Crippen LogP contribution in [0.4, 0.5) is 0 Å². The Bertz CT molecular complexity index is 297. The maximum Gasteiger partial charge on any atom is 0.00171 e. The van der Waals surface area contributed by atoms with Gasteiger partial charge in [0.2, 0.25) is 0 Å². The van der Waals surface area contributed by atoms with E-state index >= 15 is 0 Å². The summed E-state index contributed by atoms with van der Waals surface area (Å²) in [5.41, 5.74) is 2.77. The summed E-state index contributed by atoms with van der Waals surface area (Å²) in [6.45, 7) is 8.74. The highest BCUT2D eigenvalue weighted by Gasteiger charge is 2.08. The van der Waals surface area contributed by atoms with Gasteiger partial charge in [-0.3, -0.25) is 0 Å². The van der Waals surface area contributed by atoms with Crippen LogP contribution in [0.5, 0.6) is 0 Å². The lowest BCUT2D eigenvalue weighted by Gasteiger charge is -2.15. The summed E-state index contributed by atoms with van der Waals surface area (Å²) in [6.07, 6.45) is 6.48. The molecule has 88 valence electrons. The number of rotatable bonds is 7. The molecule has 1 aromatic rings. The molecule has 0 saturated heterocycles. The molecule has 0 bridgehead atoms. The van der Waals surface area contributed by atoms with Gasteiger partial charge in [-0.2, -0.15) is 0 Å². The molecule has 0 unspecified atom stereocenters. The van der Waals surface area contributed by atoms with Gasteiger partial charge < -0.3 is 0 Å². The fourth-order valence-corrected chi connectivity index (χ4v) is 1.97. The summed E-state index contributed by atoms with van der Waals surface area (Å²) < 4.78 is 0. The molecular weight excluding hydrogens is 192 g/mol. The van der Waals surface area contributed by atoms with E-state index in [0.717, 1.165) is 0 Å². The predicted octanol–water partition coefficient (Wildman–Crippen LogP) is 5.32. The van der Waals surface area contributed by atoms with Crippen LogP contribution in [0.15, 0.2) is 42.5 Å². The Kier molecular flexibility index (Phi) is 5.92. The van der Waals surface area contributed by atoms with Crippen molar-refractivity contribution in [3.63, 3.8) is 0 Å². The van der Waals surface area contributed by atoms with Crippen LogP contribution in [0.3, 0.4) is 0 Å². The van der Waals surface area contributed by atoms with E-state index in [0.29, 0.717) is 5.92 Å². The van der Waals surface area contributed by atoms with Crippen molar-refractivity contribution < 1.29 is 0 Å². The molecule has 1 aromatic carbocycles. The third kappa shape index (κ3) is 4.22. The number of benzene rings is 1. The zero-order valence-electron chi connectivity index (χ0n) is 10.7. The second-order valence-electron chi connectivity index (χ2n) is 4.60. The molecule has 0 heterocycles. The highest BCUT2D eigenvalue weighted by molar-refractivity contribution is 5.26. The summed E-state index contributed by atoms with van der Waals surface area (Å²) in [5.74, 6) is 0.503. The van der Waals surface area contributed by atoms with Gasteiger partial charge in [0.1, 0.15) is 0 Å². The summed E-state index contributed by atoms with van der Waals surface area (Å²) in [6, 6.07) is 10.7. The van der Waals surface area contributed by atoms with Crippen LogP contribution in [0.2, 0.25) is 0 Å². The molecule has 1 rings (SSSR count). The van der Waals surface area contributed by atoms with Crippen LogP contribution in [-0.4, -0.2) is 0 Å². The average Bonchev–Trinajstić information content (AvgIpc) is 2.34. The highest BCUT2D eigenvalue weighted by Crippen LogP contribution is 2.26. The molecule has 0 amide bonds. The molecule has 0 saturated carbocycles. The fraction of sp³-hybridized carbons (Fsp3) is 0.500. The lowest BCUT2D eigenvalue weighted by atomic mass is 9.90. The van der Waals surface area contributed by atoms with Gasteiger partial charge in [-0.25, -0.2) is 0 Å². The third-order valence-corrected chi connectivity index (χ3v) is 3.26. The average molecular weight is 216 g/mol. The van der Waals surface area contributed by atoms with E-state index in [1.54, 1.807) is 0 Å². The van der Waals surface area contributed by atoms with Crippen LogP contribution >= 0.6 is 0 Å². The Balaban J connectivity index is 2.37. The van der Waals surface area contributed by atoms with Gasteiger partial charge >= 0.3 is 0 Å². The quantitative estimate of drug-likeness (QED) is 0.427. The highest BCUT2D eigenvalue weighted by atomic mass is 14.1. The maximum absolute atomic E-state index is 4.23. The van der Waals surface area contributed by atoms with E-state index in [4.69, 9.17) is 0 Å². The zero-order chi connectivity index (χ0) is 11.8. The first-order valence-electron chi connectivity index (χ1n) is 6.48. The van der Waals surface area contributed by atoms with Crippen LogP contribution in [0.25, 0.3) is 0 Å². The smallest absolute Gasteiger partial charge is 0.00171 e. The summed E-state index contributed by atoms with van der Waals surface area (Å²) in [7, 11) is 0. The van der Waals surface area contributed by atoms with E-state index in [-0.39, 0.29) is 0 Å². The van der Waals surface area contributed by atoms with Crippen molar-refractivity contribution in [1.82, 2.24) is 0 Å². The van der Waals surface area contributed by atoms with Crippen molar-refractivity contribution >= 4 is 0 Å². The molecule has 0 aliphatic rings. The Hall–Kier alpha value is -1.04. The topological polar surface area (TPSA) is 0 Å². The molecule has 1 atom stereocenters. The van der Waals surface area contributed by atoms with Crippen molar-refractivity contribution in [3.05, 3.63) is 48.0 Å². The van der Waals surface area contributed by atoms with E-state index in [9.17, 15) is 0 Å². The summed E-state index contributed by atoms with van der Waals surface area (Å²) in [5, 5.41) is 0. The molecule has 0 aliphatic carbocycles. The molecule has 0 spiro atoms. The first kappa shape index (κ1) is 13.0. The molecule has 0 fully saturated rings. The second-order valence-corrected chi connectivity index (χ2v) is 4.60. The SMILES string of the molecule is C=C(CCCCCC)[C@H](C)c1ccccc1. The maximum atomic E-state index is 4.23. The second kappa shape index (κ2) is 7.27. The molecular formula is C16H24. The van der Waals surface area contributed by atoms with Gasteiger partial charge in [-0.1, -0.05) is 75.6 Å². The van der Waals surface area contributed by atoms with Crippen LogP contribution < -0.4 is 0 Å². The van der Waals surface area contributed by atoms with Crippen LogP contribution in [-0.2, 0) is 0 Å². The number of hydrogen-bond acceptors (Lipinski definition) is 0. The van der Waals surface area contributed by atoms with Gasteiger partial charge in [-0.05, 0) is 18.4 Å². The van der Waals surface area contributed by atoms with Crippen molar-refractivity contribution in [2.45, 2.75) is 51.9 Å². The molecule has 16 heavy (non-hydrogen) atoms. The summed E-state index contributed by atoms with van der Waals surface area (Å²) >= 11 is 0. The largest absolute Gasteiger partial charge is 0.0993 e. The monoisotopic (exact) mass is 216 g/mol. The predicted molar refractivity (Wildman–Crippen MR) is 72.8 cm³/mol. The standard InChI is InChI=1S/C16H24/c1-4-5-6-8-11-14(2)15(3)16-12-9-7-10-13-16/h7,9-10,12-13,15H,2,4-6,8,11H2,1,3H3/t15-/m0/s1. The van der Waals surface area contributed by atoms with Crippen LogP contribution in [0, 0.1) is 0 Å². The number of allylic oxidation sites excluding steroid dienone is 1. The summed E-state index contributed by atoms with van der Waals surface area (Å²) in [4.78, 5) is 0. The minimum Gasteiger partial charge on any atom is -0.0993 e. The number of unbranched alkanes of at least 4 members (excludes halogenated alkanes) is 3. The van der Waals surface area contributed by atoms with E-state index in [1.807, 2.05) is 0 Å². The molecule has 0 heteroatoms. The minimum atomic E-state index is 0.503. The zero-order valence-corrected chi connectivity index (χ0v) is 10.7. The van der Waals surface area contributed by atoms with Crippen molar-refractivity contribution in [2.24, 2.45) is 0 Å². The van der Waals surface area contributed by atoms with Gasteiger partial charge in [0.25, 0.3) is 0 Å². The normalized spacial score (nSPS) is 12.4. The van der Waals surface area contributed by atoms with Crippen molar-refractivity contribution in [2.75, 3.05) is 0 Å². The third-order valence-electron chi connectivity index (χ3n) is 3.26. The molecule has 0 aromatic heterocycles. The molecule has 0 aliphatic heterocycles. The van der Waals surface area contributed by atoms with Gasteiger partial charge in [0.05, 0.1) is 0 Å². The number of hydrogen-bond donors (Lipinski definition) is 0. The van der Waals surface area contributed by atoms with E-state index in [1.165, 1.54) is 43.2 Å². The first-order valence-corrected chi connectivity index (χ1v) is 6.48. The van der Waals surface area contributed by atoms with Gasteiger partial charge in [0, 0.05) is 5.92 Å². The Labute approximate surface area is 100 Å². The van der Waals surface area contributed by atoms with Crippen molar-refractivity contribution in [1.29, 1.82) is 0 Å². The Morgan fingerprint density at radius 1 is 1.12 bits per heavy atom.